The molecule has 7 nitrogen and oxygen atoms in total. The van der Waals surface area contributed by atoms with Gasteiger partial charge in [0.2, 0.25) is 5.75 Å². The van der Waals surface area contributed by atoms with Gasteiger partial charge in [0.1, 0.15) is 0 Å². The second kappa shape index (κ2) is 7.60. The van der Waals surface area contributed by atoms with Crippen molar-refractivity contribution in [3.8, 4) is 22.9 Å². The Hall–Kier alpha value is -3.48. The Labute approximate surface area is 151 Å². The van der Waals surface area contributed by atoms with Gasteiger partial charge >= 0.3 is 0 Å². The average molecular weight is 353 g/mol. The third-order valence-corrected chi connectivity index (χ3v) is 3.78. The van der Waals surface area contributed by atoms with E-state index in [0.29, 0.717) is 28.6 Å². The molecule has 7 heteroatoms. The van der Waals surface area contributed by atoms with E-state index in [4.69, 9.17) is 14.2 Å². The lowest BCUT2D eigenvalue weighted by Crippen LogP contribution is -2.13. The standard InChI is InChI=1S/C19H19N3O4/c1-24-15-11-13(12-16(25-2)18(15)26-3)19(23)20-17-9-10-22(21-17)14-7-5-4-6-8-14/h4-12H,1-3H3,(H,20,21,23). The first-order valence-corrected chi connectivity index (χ1v) is 7.88. The Balaban J connectivity index is 1.83. The number of aromatic nitrogens is 2. The minimum Gasteiger partial charge on any atom is -0.493 e. The molecule has 1 heterocycles. The number of nitrogens with zero attached hydrogens (tertiary/aromatic N) is 2. The van der Waals surface area contributed by atoms with Gasteiger partial charge in [0.15, 0.2) is 17.3 Å². The fraction of sp³-hybridized carbons (Fsp3) is 0.158. The number of ether oxygens (including phenoxy) is 3. The van der Waals surface area contributed by atoms with Crippen molar-refractivity contribution in [2.45, 2.75) is 0 Å². The third kappa shape index (κ3) is 3.46. The molecule has 1 amide bonds. The number of benzene rings is 2. The van der Waals surface area contributed by atoms with Crippen molar-refractivity contribution >= 4 is 11.7 Å². The number of nitrogens with one attached hydrogen (secondary N) is 1. The first-order chi connectivity index (χ1) is 12.7. The molecule has 0 aliphatic heterocycles. The summed E-state index contributed by atoms with van der Waals surface area (Å²) in [5.41, 5.74) is 1.27. The van der Waals surface area contributed by atoms with Crippen molar-refractivity contribution in [1.82, 2.24) is 9.78 Å². The van der Waals surface area contributed by atoms with Gasteiger partial charge in [0, 0.05) is 17.8 Å². The van der Waals surface area contributed by atoms with Crippen LogP contribution in [0.5, 0.6) is 17.2 Å². The van der Waals surface area contributed by atoms with Crippen molar-refractivity contribution in [3.63, 3.8) is 0 Å². The van der Waals surface area contributed by atoms with Crippen LogP contribution >= 0.6 is 0 Å². The number of para-hydroxylation sites is 1. The van der Waals surface area contributed by atoms with E-state index in [1.165, 1.54) is 21.3 Å². The van der Waals surface area contributed by atoms with Gasteiger partial charge in [-0.3, -0.25) is 4.79 Å². The van der Waals surface area contributed by atoms with Gasteiger partial charge in [-0.05, 0) is 24.3 Å². The van der Waals surface area contributed by atoms with Crippen molar-refractivity contribution in [3.05, 3.63) is 60.3 Å². The quantitative estimate of drug-likeness (QED) is 0.737. The summed E-state index contributed by atoms with van der Waals surface area (Å²) in [6.07, 6.45) is 1.78. The van der Waals surface area contributed by atoms with Crippen molar-refractivity contribution in [1.29, 1.82) is 0 Å². The molecule has 0 aliphatic carbocycles. The van der Waals surface area contributed by atoms with Gasteiger partial charge in [-0.1, -0.05) is 18.2 Å². The van der Waals surface area contributed by atoms with Crippen LogP contribution in [0.2, 0.25) is 0 Å². The molecular formula is C19H19N3O4. The number of hydrogen-bond acceptors (Lipinski definition) is 5. The molecule has 0 saturated carbocycles. The zero-order valence-corrected chi connectivity index (χ0v) is 14.7. The Bertz CT molecular complexity index is 881. The number of amides is 1. The number of anilines is 1. The Morgan fingerprint density at radius 3 is 2.19 bits per heavy atom. The van der Waals surface area contributed by atoms with Crippen LogP contribution in [0.4, 0.5) is 5.82 Å². The fourth-order valence-corrected chi connectivity index (χ4v) is 2.52. The smallest absolute Gasteiger partial charge is 0.257 e. The largest absolute Gasteiger partial charge is 0.493 e. The van der Waals surface area contributed by atoms with E-state index in [1.807, 2.05) is 30.3 Å². The van der Waals surface area contributed by atoms with Crippen LogP contribution in [-0.2, 0) is 0 Å². The summed E-state index contributed by atoms with van der Waals surface area (Å²) in [5, 5.41) is 7.13. The van der Waals surface area contributed by atoms with Gasteiger partial charge in [-0.15, -0.1) is 0 Å². The highest BCUT2D eigenvalue weighted by molar-refractivity contribution is 6.04. The normalized spacial score (nSPS) is 10.3. The lowest BCUT2D eigenvalue weighted by Gasteiger charge is -2.13. The molecule has 0 atom stereocenters. The molecular weight excluding hydrogens is 334 g/mol. The zero-order chi connectivity index (χ0) is 18.5. The minimum atomic E-state index is -0.331. The molecule has 0 spiro atoms. The molecule has 0 aliphatic rings. The Kier molecular flexibility index (Phi) is 5.07. The van der Waals surface area contributed by atoms with Crippen molar-refractivity contribution in [2.24, 2.45) is 0 Å². The number of methoxy groups -OCH3 is 3. The Morgan fingerprint density at radius 1 is 0.962 bits per heavy atom. The van der Waals surface area contributed by atoms with E-state index >= 15 is 0 Å². The number of rotatable bonds is 6. The highest BCUT2D eigenvalue weighted by atomic mass is 16.5. The van der Waals surface area contributed by atoms with Gasteiger partial charge in [-0.25, -0.2) is 4.68 Å². The summed E-state index contributed by atoms with van der Waals surface area (Å²) in [7, 11) is 4.51. The molecule has 0 unspecified atom stereocenters. The molecule has 3 rings (SSSR count). The molecule has 0 saturated heterocycles. The van der Waals surface area contributed by atoms with Crippen LogP contribution in [0.3, 0.4) is 0 Å². The lowest BCUT2D eigenvalue weighted by molar-refractivity contribution is 0.102. The molecule has 26 heavy (non-hydrogen) atoms. The summed E-state index contributed by atoms with van der Waals surface area (Å²) < 4.78 is 17.5. The summed E-state index contributed by atoms with van der Waals surface area (Å²) in [6, 6.07) is 14.5. The van der Waals surface area contributed by atoms with Crippen LogP contribution in [0.15, 0.2) is 54.7 Å². The van der Waals surface area contributed by atoms with E-state index in [-0.39, 0.29) is 5.91 Å². The molecule has 1 aromatic heterocycles. The second-order valence-electron chi connectivity index (χ2n) is 5.35. The summed E-state index contributed by atoms with van der Waals surface area (Å²) in [6.45, 7) is 0. The van der Waals surface area contributed by atoms with Crippen LogP contribution in [0.25, 0.3) is 5.69 Å². The number of hydrogen-bond donors (Lipinski definition) is 1. The maximum absolute atomic E-state index is 12.6. The highest BCUT2D eigenvalue weighted by Gasteiger charge is 2.17. The van der Waals surface area contributed by atoms with E-state index < -0.39 is 0 Å². The molecule has 3 aromatic rings. The van der Waals surface area contributed by atoms with Crippen LogP contribution < -0.4 is 19.5 Å². The first kappa shape index (κ1) is 17.3. The van der Waals surface area contributed by atoms with Crippen molar-refractivity contribution < 1.29 is 19.0 Å². The fourth-order valence-electron chi connectivity index (χ4n) is 2.52. The van der Waals surface area contributed by atoms with E-state index in [2.05, 4.69) is 10.4 Å². The van der Waals surface area contributed by atoms with E-state index in [9.17, 15) is 4.79 Å². The molecule has 1 N–H and O–H groups in total. The SMILES string of the molecule is COc1cc(C(=O)Nc2ccn(-c3ccccc3)n2)cc(OC)c1OC. The van der Waals surface area contributed by atoms with Gasteiger partial charge < -0.3 is 19.5 Å². The molecule has 0 fully saturated rings. The molecule has 2 aromatic carbocycles. The van der Waals surface area contributed by atoms with Crippen molar-refractivity contribution in [2.75, 3.05) is 26.6 Å². The Morgan fingerprint density at radius 2 is 1.62 bits per heavy atom. The van der Waals surface area contributed by atoms with Crippen LogP contribution in [0, 0.1) is 0 Å². The van der Waals surface area contributed by atoms with E-state index in [1.54, 1.807) is 29.1 Å². The minimum absolute atomic E-state index is 0.331. The predicted octanol–water partition coefficient (Wildman–Crippen LogP) is 3.15. The molecule has 0 radical (unpaired) electrons. The topological polar surface area (TPSA) is 74.6 Å². The maximum Gasteiger partial charge on any atom is 0.257 e. The van der Waals surface area contributed by atoms with Crippen LogP contribution in [0.1, 0.15) is 10.4 Å². The van der Waals surface area contributed by atoms with Gasteiger partial charge in [0.05, 0.1) is 27.0 Å². The van der Waals surface area contributed by atoms with Gasteiger partial charge in [-0.2, -0.15) is 5.10 Å². The number of carbonyl (C=O) groups is 1. The third-order valence-electron chi connectivity index (χ3n) is 3.78. The molecule has 0 bridgehead atoms. The average Bonchev–Trinajstić information content (AvgIpc) is 3.15. The monoisotopic (exact) mass is 353 g/mol. The lowest BCUT2D eigenvalue weighted by atomic mass is 10.1. The number of carbonyl (C=O) groups excluding carboxylic acids is 1. The second-order valence-corrected chi connectivity index (χ2v) is 5.35. The zero-order valence-electron chi connectivity index (χ0n) is 14.7. The predicted molar refractivity (Wildman–Crippen MR) is 97.6 cm³/mol. The first-order valence-electron chi connectivity index (χ1n) is 7.88. The summed E-state index contributed by atoms with van der Waals surface area (Å²) in [4.78, 5) is 12.6. The van der Waals surface area contributed by atoms with Gasteiger partial charge in [0.25, 0.3) is 5.91 Å². The molecule has 134 valence electrons. The van der Waals surface area contributed by atoms with E-state index in [0.717, 1.165) is 5.69 Å². The summed E-state index contributed by atoms with van der Waals surface area (Å²) in [5.74, 6) is 1.36. The maximum atomic E-state index is 12.6. The van der Waals surface area contributed by atoms with Crippen LogP contribution in [-0.4, -0.2) is 37.0 Å². The summed E-state index contributed by atoms with van der Waals surface area (Å²) >= 11 is 0. The highest BCUT2D eigenvalue weighted by Crippen LogP contribution is 2.38.